The number of likely N-dealkylation sites (tertiary alicyclic amines) is 2. The summed E-state index contributed by atoms with van der Waals surface area (Å²) in [6.45, 7) is 6.29. The zero-order chi connectivity index (χ0) is 18.7. The Balaban J connectivity index is 1.25. The smallest absolute Gasteiger partial charge is 0.237 e. The van der Waals surface area contributed by atoms with Crippen LogP contribution in [0.25, 0.3) is 0 Å². The highest BCUT2D eigenvalue weighted by Gasteiger charge is 2.45. The van der Waals surface area contributed by atoms with E-state index < -0.39 is 0 Å². The molecule has 0 saturated carbocycles. The molecule has 3 aliphatic heterocycles. The molecular weight excluding hydrogens is 338 g/mol. The van der Waals surface area contributed by atoms with E-state index in [9.17, 15) is 4.79 Å². The number of likely N-dealkylation sites (N-methyl/N-ethyl adjacent to an activating group) is 1. The first-order valence-corrected chi connectivity index (χ1v) is 10.5. The van der Waals surface area contributed by atoms with Crippen LogP contribution in [0.5, 0.6) is 0 Å². The lowest BCUT2D eigenvalue weighted by molar-refractivity contribution is -0.126. The average Bonchev–Trinajstić information content (AvgIpc) is 3.00. The van der Waals surface area contributed by atoms with Crippen LogP contribution < -0.4 is 10.6 Å². The van der Waals surface area contributed by atoms with Gasteiger partial charge in [0.15, 0.2) is 0 Å². The Morgan fingerprint density at radius 3 is 2.81 bits per heavy atom. The molecule has 1 amide bonds. The van der Waals surface area contributed by atoms with Crippen LogP contribution in [0.3, 0.4) is 0 Å². The third kappa shape index (κ3) is 4.50. The van der Waals surface area contributed by atoms with Gasteiger partial charge in [-0.3, -0.25) is 19.6 Å². The van der Waals surface area contributed by atoms with E-state index in [0.717, 1.165) is 58.5 Å². The molecule has 4 heterocycles. The molecule has 1 unspecified atom stereocenters. The zero-order valence-electron chi connectivity index (χ0n) is 16.5. The zero-order valence-corrected chi connectivity index (χ0v) is 16.5. The number of hydrogen-bond donors (Lipinski definition) is 2. The molecule has 0 bridgehead atoms. The number of carbonyl (C=O) groups is 1. The van der Waals surface area contributed by atoms with Crippen LogP contribution in [-0.2, 0) is 11.3 Å². The lowest BCUT2D eigenvalue weighted by atomic mass is 9.77. The van der Waals surface area contributed by atoms with E-state index in [4.69, 9.17) is 0 Å². The van der Waals surface area contributed by atoms with E-state index in [1.54, 1.807) is 0 Å². The van der Waals surface area contributed by atoms with Gasteiger partial charge in [-0.05, 0) is 69.3 Å². The molecule has 4 rings (SSSR count). The van der Waals surface area contributed by atoms with Gasteiger partial charge in [-0.1, -0.05) is 6.07 Å². The Morgan fingerprint density at radius 1 is 1.33 bits per heavy atom. The molecule has 0 aliphatic carbocycles. The summed E-state index contributed by atoms with van der Waals surface area (Å²) in [5.74, 6) is 0.249. The van der Waals surface area contributed by atoms with Crippen molar-refractivity contribution in [1.29, 1.82) is 0 Å². The second-order valence-electron chi connectivity index (χ2n) is 8.81. The van der Waals surface area contributed by atoms with Gasteiger partial charge >= 0.3 is 0 Å². The average molecular weight is 372 g/mol. The van der Waals surface area contributed by atoms with Crippen LogP contribution >= 0.6 is 0 Å². The first kappa shape index (κ1) is 18.8. The molecule has 2 N–H and O–H groups in total. The molecule has 0 aromatic carbocycles. The van der Waals surface area contributed by atoms with Gasteiger partial charge in [-0.25, -0.2) is 0 Å². The van der Waals surface area contributed by atoms with E-state index in [1.807, 2.05) is 18.5 Å². The van der Waals surface area contributed by atoms with Crippen LogP contribution in [0.1, 0.15) is 37.7 Å². The lowest BCUT2D eigenvalue weighted by Gasteiger charge is -2.34. The molecule has 3 fully saturated rings. The molecule has 1 atom stereocenters. The highest BCUT2D eigenvalue weighted by molar-refractivity contribution is 5.82. The van der Waals surface area contributed by atoms with Crippen LogP contribution in [0, 0.1) is 5.41 Å². The van der Waals surface area contributed by atoms with Crippen molar-refractivity contribution in [3.8, 4) is 0 Å². The van der Waals surface area contributed by atoms with Gasteiger partial charge in [-0.2, -0.15) is 0 Å². The second-order valence-corrected chi connectivity index (χ2v) is 8.81. The SMILES string of the molecule is CN1CC2(CCNCC2)CC1C(=O)NC1CCN(Cc2cccnc2)CC1. The quantitative estimate of drug-likeness (QED) is 0.834. The number of rotatable bonds is 4. The Kier molecular flexibility index (Phi) is 5.76. The maximum atomic E-state index is 12.9. The molecule has 1 spiro atoms. The summed E-state index contributed by atoms with van der Waals surface area (Å²) in [6, 6.07) is 4.50. The molecule has 1 aromatic rings. The molecule has 6 nitrogen and oxygen atoms in total. The number of amides is 1. The van der Waals surface area contributed by atoms with Crippen LogP contribution in [-0.4, -0.2) is 72.5 Å². The van der Waals surface area contributed by atoms with Gasteiger partial charge in [0, 0.05) is 44.6 Å². The van der Waals surface area contributed by atoms with Crippen LogP contribution in [0.15, 0.2) is 24.5 Å². The van der Waals surface area contributed by atoms with Gasteiger partial charge < -0.3 is 10.6 Å². The molecule has 27 heavy (non-hydrogen) atoms. The van der Waals surface area contributed by atoms with Gasteiger partial charge in [0.2, 0.25) is 5.91 Å². The second kappa shape index (κ2) is 8.25. The molecule has 6 heteroatoms. The number of carbonyl (C=O) groups excluding carboxylic acids is 1. The maximum Gasteiger partial charge on any atom is 0.237 e. The fourth-order valence-electron chi connectivity index (χ4n) is 5.16. The summed E-state index contributed by atoms with van der Waals surface area (Å²) < 4.78 is 0. The summed E-state index contributed by atoms with van der Waals surface area (Å²) in [6.07, 6.45) is 9.27. The van der Waals surface area contributed by atoms with Crippen molar-refractivity contribution >= 4 is 5.91 Å². The predicted octanol–water partition coefficient (Wildman–Crippen LogP) is 1.24. The minimum absolute atomic E-state index is 0.0523. The van der Waals surface area contributed by atoms with E-state index in [2.05, 4.69) is 38.5 Å². The fourth-order valence-corrected chi connectivity index (χ4v) is 5.16. The normalized spacial score (nSPS) is 27.1. The largest absolute Gasteiger partial charge is 0.352 e. The highest BCUT2D eigenvalue weighted by atomic mass is 16.2. The van der Waals surface area contributed by atoms with Gasteiger partial charge in [0.25, 0.3) is 0 Å². The summed E-state index contributed by atoms with van der Waals surface area (Å²) in [7, 11) is 2.12. The number of piperidine rings is 2. The Hall–Kier alpha value is -1.50. The number of pyridine rings is 1. The molecule has 0 radical (unpaired) electrons. The van der Waals surface area contributed by atoms with E-state index >= 15 is 0 Å². The highest BCUT2D eigenvalue weighted by Crippen LogP contribution is 2.41. The minimum atomic E-state index is 0.0523. The molecule has 1 aromatic heterocycles. The number of aromatic nitrogens is 1. The van der Waals surface area contributed by atoms with Gasteiger partial charge in [0.1, 0.15) is 0 Å². The summed E-state index contributed by atoms with van der Waals surface area (Å²) in [4.78, 5) is 21.9. The summed E-state index contributed by atoms with van der Waals surface area (Å²) in [5.41, 5.74) is 1.62. The standard InChI is InChI=1S/C21H33N5O/c1-25-16-21(6-9-22-10-7-21)13-19(25)20(27)24-18-4-11-26(12-5-18)15-17-3-2-8-23-14-17/h2-3,8,14,18-19,22H,4-7,9-13,15-16H2,1H3,(H,24,27). The van der Waals surface area contributed by atoms with Crippen LogP contribution in [0.2, 0.25) is 0 Å². The maximum absolute atomic E-state index is 12.9. The number of hydrogen-bond acceptors (Lipinski definition) is 5. The van der Waals surface area contributed by atoms with E-state index in [-0.39, 0.29) is 11.9 Å². The van der Waals surface area contributed by atoms with Crippen molar-refractivity contribution in [1.82, 2.24) is 25.4 Å². The lowest BCUT2D eigenvalue weighted by Crippen LogP contribution is -2.49. The van der Waals surface area contributed by atoms with E-state index in [1.165, 1.54) is 18.4 Å². The van der Waals surface area contributed by atoms with Crippen molar-refractivity contribution in [2.75, 3.05) is 39.8 Å². The molecule has 3 saturated heterocycles. The molecule has 3 aliphatic rings. The van der Waals surface area contributed by atoms with Crippen molar-refractivity contribution < 1.29 is 4.79 Å². The Morgan fingerprint density at radius 2 is 2.11 bits per heavy atom. The van der Waals surface area contributed by atoms with E-state index in [0.29, 0.717) is 11.5 Å². The van der Waals surface area contributed by atoms with Crippen molar-refractivity contribution in [2.24, 2.45) is 5.41 Å². The third-order valence-electron chi connectivity index (χ3n) is 6.77. The van der Waals surface area contributed by atoms with Gasteiger partial charge in [-0.15, -0.1) is 0 Å². The number of nitrogens with zero attached hydrogens (tertiary/aromatic N) is 3. The first-order chi connectivity index (χ1) is 13.1. The number of nitrogens with one attached hydrogen (secondary N) is 2. The third-order valence-corrected chi connectivity index (χ3v) is 6.77. The summed E-state index contributed by atoms with van der Waals surface area (Å²) >= 11 is 0. The van der Waals surface area contributed by atoms with Crippen LogP contribution in [0.4, 0.5) is 0 Å². The van der Waals surface area contributed by atoms with Crippen molar-refractivity contribution in [3.05, 3.63) is 30.1 Å². The monoisotopic (exact) mass is 371 g/mol. The fraction of sp³-hybridized carbons (Fsp3) is 0.714. The summed E-state index contributed by atoms with van der Waals surface area (Å²) in [5, 5.41) is 6.82. The Bertz CT molecular complexity index is 623. The molecular formula is C21H33N5O. The van der Waals surface area contributed by atoms with Gasteiger partial charge in [0.05, 0.1) is 6.04 Å². The predicted molar refractivity (Wildman–Crippen MR) is 106 cm³/mol. The minimum Gasteiger partial charge on any atom is -0.352 e. The van der Waals surface area contributed by atoms with Crippen molar-refractivity contribution in [3.63, 3.8) is 0 Å². The molecule has 148 valence electrons. The first-order valence-electron chi connectivity index (χ1n) is 10.5. The van der Waals surface area contributed by atoms with Crippen molar-refractivity contribution in [2.45, 2.75) is 50.7 Å². The topological polar surface area (TPSA) is 60.5 Å². The Labute approximate surface area is 162 Å².